The number of carbonyl (C=O) groups excluding carboxylic acids is 1. The summed E-state index contributed by atoms with van der Waals surface area (Å²) in [6, 6.07) is 24.4. The van der Waals surface area contributed by atoms with Crippen molar-refractivity contribution in [2.75, 3.05) is 0 Å². The standard InChI is InChI=1S/C24H19NO3/c1-17-5-2-8-21(15-17)27-16-18-10-12-20(13-11-18)24(26)28-22-9-3-6-19-7-4-14-25-23(19)22/h2-15H,16H2,1H3. The van der Waals surface area contributed by atoms with Crippen LogP contribution in [0.15, 0.2) is 85.1 Å². The first-order valence-electron chi connectivity index (χ1n) is 9.03. The molecule has 0 fully saturated rings. The van der Waals surface area contributed by atoms with Crippen molar-refractivity contribution in [2.24, 2.45) is 0 Å². The zero-order valence-electron chi connectivity index (χ0n) is 15.5. The van der Waals surface area contributed by atoms with Crippen LogP contribution in [0.2, 0.25) is 0 Å². The van der Waals surface area contributed by atoms with Gasteiger partial charge < -0.3 is 9.47 Å². The fourth-order valence-electron chi connectivity index (χ4n) is 2.93. The number of carbonyl (C=O) groups is 1. The van der Waals surface area contributed by atoms with Gasteiger partial charge in [0.2, 0.25) is 0 Å². The van der Waals surface area contributed by atoms with E-state index in [1.807, 2.05) is 67.6 Å². The molecule has 0 aliphatic carbocycles. The number of benzene rings is 3. The van der Waals surface area contributed by atoms with Crippen LogP contribution in [-0.2, 0) is 6.61 Å². The maximum atomic E-state index is 12.5. The molecular formula is C24H19NO3. The summed E-state index contributed by atoms with van der Waals surface area (Å²) < 4.78 is 11.4. The molecule has 0 aliphatic heterocycles. The van der Waals surface area contributed by atoms with E-state index in [4.69, 9.17) is 9.47 Å². The lowest BCUT2D eigenvalue weighted by atomic mass is 10.1. The average molecular weight is 369 g/mol. The quantitative estimate of drug-likeness (QED) is 0.352. The van der Waals surface area contributed by atoms with Gasteiger partial charge in [0.1, 0.15) is 17.9 Å². The highest BCUT2D eigenvalue weighted by Crippen LogP contribution is 2.24. The van der Waals surface area contributed by atoms with Crippen molar-refractivity contribution in [1.29, 1.82) is 0 Å². The predicted octanol–water partition coefficient (Wildman–Crippen LogP) is 5.34. The van der Waals surface area contributed by atoms with E-state index in [0.29, 0.717) is 23.4 Å². The molecule has 0 saturated heterocycles. The molecule has 1 heterocycles. The Hall–Kier alpha value is -3.66. The summed E-state index contributed by atoms with van der Waals surface area (Å²) in [5, 5.41) is 0.927. The van der Waals surface area contributed by atoms with Gasteiger partial charge in [-0.3, -0.25) is 4.98 Å². The van der Waals surface area contributed by atoms with Gasteiger partial charge in [0.05, 0.1) is 5.56 Å². The lowest BCUT2D eigenvalue weighted by Gasteiger charge is -2.09. The fourth-order valence-corrected chi connectivity index (χ4v) is 2.93. The Morgan fingerprint density at radius 2 is 1.71 bits per heavy atom. The summed E-state index contributed by atoms with van der Waals surface area (Å²) in [5.41, 5.74) is 3.28. The fraction of sp³-hybridized carbons (Fsp3) is 0.0833. The van der Waals surface area contributed by atoms with Gasteiger partial charge in [-0.05, 0) is 54.4 Å². The Labute approximate surface area is 163 Å². The van der Waals surface area contributed by atoms with E-state index < -0.39 is 5.97 Å². The van der Waals surface area contributed by atoms with E-state index >= 15 is 0 Å². The van der Waals surface area contributed by atoms with Gasteiger partial charge in [-0.2, -0.15) is 0 Å². The number of rotatable bonds is 5. The molecule has 3 aromatic carbocycles. The van der Waals surface area contributed by atoms with Crippen LogP contribution >= 0.6 is 0 Å². The molecule has 28 heavy (non-hydrogen) atoms. The number of aryl methyl sites for hydroxylation is 1. The third kappa shape index (κ3) is 4.01. The van der Waals surface area contributed by atoms with Gasteiger partial charge in [0.15, 0.2) is 5.75 Å². The molecule has 4 rings (SSSR count). The van der Waals surface area contributed by atoms with Crippen molar-refractivity contribution in [2.45, 2.75) is 13.5 Å². The maximum Gasteiger partial charge on any atom is 0.343 e. The van der Waals surface area contributed by atoms with Crippen molar-refractivity contribution in [3.05, 3.63) is 102 Å². The molecule has 0 atom stereocenters. The van der Waals surface area contributed by atoms with Crippen LogP contribution in [0.1, 0.15) is 21.5 Å². The van der Waals surface area contributed by atoms with Crippen LogP contribution in [-0.4, -0.2) is 11.0 Å². The second-order valence-electron chi connectivity index (χ2n) is 6.52. The monoisotopic (exact) mass is 369 g/mol. The maximum absolute atomic E-state index is 12.5. The van der Waals surface area contributed by atoms with Gasteiger partial charge in [0, 0.05) is 11.6 Å². The molecule has 0 aliphatic rings. The largest absolute Gasteiger partial charge is 0.489 e. The summed E-state index contributed by atoms with van der Waals surface area (Å²) in [6.45, 7) is 2.46. The van der Waals surface area contributed by atoms with Crippen LogP contribution in [0, 0.1) is 6.92 Å². The van der Waals surface area contributed by atoms with Crippen molar-refractivity contribution < 1.29 is 14.3 Å². The normalized spacial score (nSPS) is 10.6. The number of fused-ring (bicyclic) bond motifs is 1. The average Bonchev–Trinajstić information content (AvgIpc) is 2.73. The highest BCUT2D eigenvalue weighted by atomic mass is 16.5. The van der Waals surface area contributed by atoms with Gasteiger partial charge in [-0.1, -0.05) is 42.5 Å². The number of pyridine rings is 1. The van der Waals surface area contributed by atoms with Crippen molar-refractivity contribution in [3.8, 4) is 11.5 Å². The third-order valence-electron chi connectivity index (χ3n) is 4.38. The van der Waals surface area contributed by atoms with E-state index in [-0.39, 0.29) is 0 Å². The van der Waals surface area contributed by atoms with Gasteiger partial charge in [-0.25, -0.2) is 4.79 Å². The van der Waals surface area contributed by atoms with Crippen molar-refractivity contribution in [1.82, 2.24) is 4.98 Å². The number of hydrogen-bond acceptors (Lipinski definition) is 4. The lowest BCUT2D eigenvalue weighted by molar-refractivity contribution is 0.0736. The van der Waals surface area contributed by atoms with Gasteiger partial charge in [-0.15, -0.1) is 0 Å². The summed E-state index contributed by atoms with van der Waals surface area (Å²) in [4.78, 5) is 16.8. The molecule has 0 amide bonds. The molecule has 138 valence electrons. The third-order valence-corrected chi connectivity index (χ3v) is 4.38. The smallest absolute Gasteiger partial charge is 0.343 e. The second-order valence-corrected chi connectivity index (χ2v) is 6.52. The first-order chi connectivity index (χ1) is 13.7. The van der Waals surface area contributed by atoms with E-state index in [2.05, 4.69) is 4.98 Å². The van der Waals surface area contributed by atoms with Gasteiger partial charge in [0.25, 0.3) is 0 Å². The summed E-state index contributed by atoms with van der Waals surface area (Å²) in [7, 11) is 0. The Kier molecular flexibility index (Phi) is 5.02. The zero-order valence-corrected chi connectivity index (χ0v) is 15.5. The van der Waals surface area contributed by atoms with E-state index in [9.17, 15) is 4.79 Å². The number of ether oxygens (including phenoxy) is 2. The molecule has 1 aromatic heterocycles. The topological polar surface area (TPSA) is 48.4 Å². The number of esters is 1. The lowest BCUT2D eigenvalue weighted by Crippen LogP contribution is -2.09. The minimum atomic E-state index is -0.413. The minimum absolute atomic E-state index is 0.413. The van der Waals surface area contributed by atoms with E-state index in [0.717, 1.165) is 22.3 Å². The van der Waals surface area contributed by atoms with E-state index in [1.165, 1.54) is 0 Å². The van der Waals surface area contributed by atoms with Gasteiger partial charge >= 0.3 is 5.97 Å². The van der Waals surface area contributed by atoms with E-state index in [1.54, 1.807) is 24.4 Å². The van der Waals surface area contributed by atoms with Crippen LogP contribution < -0.4 is 9.47 Å². The molecule has 4 heteroatoms. The Morgan fingerprint density at radius 1 is 0.929 bits per heavy atom. The van der Waals surface area contributed by atoms with Crippen LogP contribution in [0.5, 0.6) is 11.5 Å². The summed E-state index contributed by atoms with van der Waals surface area (Å²) >= 11 is 0. The number of para-hydroxylation sites is 1. The van der Waals surface area contributed by atoms with Crippen LogP contribution in [0.4, 0.5) is 0 Å². The molecule has 0 unspecified atom stereocenters. The Morgan fingerprint density at radius 3 is 2.54 bits per heavy atom. The van der Waals surface area contributed by atoms with Crippen LogP contribution in [0.25, 0.3) is 10.9 Å². The predicted molar refractivity (Wildman–Crippen MR) is 109 cm³/mol. The number of hydrogen-bond donors (Lipinski definition) is 0. The molecule has 4 aromatic rings. The molecule has 4 nitrogen and oxygen atoms in total. The highest BCUT2D eigenvalue weighted by molar-refractivity contribution is 5.94. The van der Waals surface area contributed by atoms with Crippen LogP contribution in [0.3, 0.4) is 0 Å². The highest BCUT2D eigenvalue weighted by Gasteiger charge is 2.11. The molecule has 0 N–H and O–H groups in total. The first-order valence-corrected chi connectivity index (χ1v) is 9.03. The van der Waals surface area contributed by atoms with Crippen molar-refractivity contribution >= 4 is 16.9 Å². The summed E-state index contributed by atoms with van der Waals surface area (Å²) in [6.07, 6.45) is 1.68. The zero-order chi connectivity index (χ0) is 19.3. The molecule has 0 spiro atoms. The SMILES string of the molecule is Cc1cccc(OCc2ccc(C(=O)Oc3cccc4cccnc34)cc2)c1. The first kappa shape index (κ1) is 17.7. The van der Waals surface area contributed by atoms with Crippen molar-refractivity contribution in [3.63, 3.8) is 0 Å². The second kappa shape index (κ2) is 7.92. The Bertz CT molecular complexity index is 1110. The summed E-state index contributed by atoms with van der Waals surface area (Å²) in [5.74, 6) is 0.867. The number of nitrogens with zero attached hydrogens (tertiary/aromatic N) is 1. The molecule has 0 bridgehead atoms. The molecule has 0 saturated carbocycles. The number of aromatic nitrogens is 1. The molecule has 0 radical (unpaired) electrons. The Balaban J connectivity index is 1.44. The minimum Gasteiger partial charge on any atom is -0.489 e. The molecular weight excluding hydrogens is 350 g/mol.